The van der Waals surface area contributed by atoms with Crippen LogP contribution in [0.2, 0.25) is 0 Å². The predicted octanol–water partition coefficient (Wildman–Crippen LogP) is 4.30. The molecular formula is C14H17ClN2O. The fourth-order valence-corrected chi connectivity index (χ4v) is 2.12. The van der Waals surface area contributed by atoms with Crippen LogP contribution in [-0.4, -0.2) is 10.1 Å². The Morgan fingerprint density at radius 2 is 2.00 bits per heavy atom. The Morgan fingerprint density at radius 1 is 1.28 bits per heavy atom. The Bertz CT molecular complexity index is 484. The van der Waals surface area contributed by atoms with Gasteiger partial charge < -0.3 is 4.52 Å². The summed E-state index contributed by atoms with van der Waals surface area (Å²) in [7, 11) is 0. The molecule has 2 rings (SSSR count). The first-order valence-corrected chi connectivity index (χ1v) is 6.68. The number of alkyl halides is 1. The Hall–Kier alpha value is -1.35. The van der Waals surface area contributed by atoms with Crippen LogP contribution in [0, 0.1) is 0 Å². The van der Waals surface area contributed by atoms with E-state index in [4.69, 9.17) is 16.1 Å². The number of hydrogen-bond acceptors (Lipinski definition) is 3. The van der Waals surface area contributed by atoms with Gasteiger partial charge in [-0.15, -0.1) is 11.6 Å². The molecule has 0 spiro atoms. The highest BCUT2D eigenvalue weighted by Crippen LogP contribution is 2.27. The molecule has 1 aromatic carbocycles. The standard InChI is InChI=1S/C14H17ClN2O/c1-3-7-12(15)13-16-14(18-17-13)10(2)11-8-5-4-6-9-11/h4-6,8-10,12H,3,7H2,1-2H3. The first-order chi connectivity index (χ1) is 8.72. The number of nitrogens with zero attached hydrogens (tertiary/aromatic N) is 2. The van der Waals surface area contributed by atoms with Crippen LogP contribution in [0.5, 0.6) is 0 Å². The number of hydrogen-bond donors (Lipinski definition) is 0. The smallest absolute Gasteiger partial charge is 0.233 e. The third kappa shape index (κ3) is 2.91. The van der Waals surface area contributed by atoms with Gasteiger partial charge in [0.25, 0.3) is 0 Å². The van der Waals surface area contributed by atoms with Crippen molar-refractivity contribution in [3.8, 4) is 0 Å². The van der Waals surface area contributed by atoms with E-state index in [0.29, 0.717) is 11.7 Å². The summed E-state index contributed by atoms with van der Waals surface area (Å²) < 4.78 is 5.30. The van der Waals surface area contributed by atoms with Crippen molar-refractivity contribution in [1.82, 2.24) is 10.1 Å². The van der Waals surface area contributed by atoms with E-state index >= 15 is 0 Å². The van der Waals surface area contributed by atoms with E-state index in [2.05, 4.69) is 36.1 Å². The van der Waals surface area contributed by atoms with Crippen LogP contribution in [0.4, 0.5) is 0 Å². The Labute approximate surface area is 112 Å². The molecule has 3 nitrogen and oxygen atoms in total. The molecule has 0 amide bonds. The Morgan fingerprint density at radius 3 is 2.67 bits per heavy atom. The molecule has 0 fully saturated rings. The first-order valence-electron chi connectivity index (χ1n) is 6.25. The molecule has 2 atom stereocenters. The van der Waals surface area contributed by atoms with E-state index in [9.17, 15) is 0 Å². The van der Waals surface area contributed by atoms with Gasteiger partial charge in [-0.25, -0.2) is 0 Å². The van der Waals surface area contributed by atoms with E-state index in [1.54, 1.807) is 0 Å². The molecule has 18 heavy (non-hydrogen) atoms. The fourth-order valence-electron chi connectivity index (χ4n) is 1.82. The van der Waals surface area contributed by atoms with Crippen molar-refractivity contribution >= 4 is 11.6 Å². The number of aromatic nitrogens is 2. The highest BCUT2D eigenvalue weighted by Gasteiger charge is 2.19. The zero-order chi connectivity index (χ0) is 13.0. The highest BCUT2D eigenvalue weighted by atomic mass is 35.5. The molecule has 2 aromatic rings. The van der Waals surface area contributed by atoms with E-state index < -0.39 is 0 Å². The van der Waals surface area contributed by atoms with Crippen LogP contribution >= 0.6 is 11.6 Å². The largest absolute Gasteiger partial charge is 0.339 e. The second kappa shape index (κ2) is 6.01. The van der Waals surface area contributed by atoms with Crippen molar-refractivity contribution in [2.24, 2.45) is 0 Å². The minimum Gasteiger partial charge on any atom is -0.339 e. The van der Waals surface area contributed by atoms with Gasteiger partial charge in [0.2, 0.25) is 5.89 Å². The third-order valence-electron chi connectivity index (χ3n) is 2.95. The van der Waals surface area contributed by atoms with Crippen LogP contribution in [0.25, 0.3) is 0 Å². The van der Waals surface area contributed by atoms with Crippen molar-refractivity contribution in [2.45, 2.75) is 38.0 Å². The van der Waals surface area contributed by atoms with Crippen molar-refractivity contribution in [1.29, 1.82) is 0 Å². The zero-order valence-electron chi connectivity index (χ0n) is 10.6. The van der Waals surface area contributed by atoms with Gasteiger partial charge in [0.05, 0.1) is 11.3 Å². The number of halogens is 1. The van der Waals surface area contributed by atoms with Gasteiger partial charge in [0.1, 0.15) is 0 Å². The molecule has 1 heterocycles. The lowest BCUT2D eigenvalue weighted by Gasteiger charge is -2.05. The summed E-state index contributed by atoms with van der Waals surface area (Å²) in [5, 5.41) is 3.81. The Kier molecular flexibility index (Phi) is 4.37. The molecular weight excluding hydrogens is 248 g/mol. The normalized spacial score (nSPS) is 14.4. The molecule has 0 aliphatic heterocycles. The second-order valence-electron chi connectivity index (χ2n) is 4.38. The zero-order valence-corrected chi connectivity index (χ0v) is 11.4. The first kappa shape index (κ1) is 13.1. The van der Waals surface area contributed by atoms with Gasteiger partial charge in [0.15, 0.2) is 5.82 Å². The summed E-state index contributed by atoms with van der Waals surface area (Å²) in [4.78, 5) is 4.40. The molecule has 0 saturated carbocycles. The quantitative estimate of drug-likeness (QED) is 0.756. The van der Waals surface area contributed by atoms with Crippen molar-refractivity contribution < 1.29 is 4.52 Å². The molecule has 0 radical (unpaired) electrons. The van der Waals surface area contributed by atoms with E-state index in [1.165, 1.54) is 0 Å². The van der Waals surface area contributed by atoms with E-state index in [0.717, 1.165) is 18.4 Å². The molecule has 0 aliphatic carbocycles. The lowest BCUT2D eigenvalue weighted by Crippen LogP contribution is -1.97. The fraction of sp³-hybridized carbons (Fsp3) is 0.429. The minimum absolute atomic E-state index is 0.0953. The second-order valence-corrected chi connectivity index (χ2v) is 4.91. The van der Waals surface area contributed by atoms with Gasteiger partial charge >= 0.3 is 0 Å². The van der Waals surface area contributed by atoms with Crippen LogP contribution in [0.1, 0.15) is 55.3 Å². The van der Waals surface area contributed by atoms with Crippen LogP contribution in [0.15, 0.2) is 34.9 Å². The number of rotatable bonds is 5. The third-order valence-corrected chi connectivity index (χ3v) is 3.36. The summed E-state index contributed by atoms with van der Waals surface area (Å²) in [5.41, 5.74) is 1.16. The summed E-state index contributed by atoms with van der Waals surface area (Å²) in [6.45, 7) is 4.14. The monoisotopic (exact) mass is 264 g/mol. The van der Waals surface area contributed by atoms with E-state index in [-0.39, 0.29) is 11.3 Å². The van der Waals surface area contributed by atoms with Gasteiger partial charge in [-0.05, 0) is 18.9 Å². The molecule has 2 unspecified atom stereocenters. The summed E-state index contributed by atoms with van der Waals surface area (Å²) in [6, 6.07) is 10.1. The lowest BCUT2D eigenvalue weighted by molar-refractivity contribution is 0.364. The average molecular weight is 265 g/mol. The molecule has 0 saturated heterocycles. The van der Waals surface area contributed by atoms with Crippen LogP contribution < -0.4 is 0 Å². The molecule has 0 bridgehead atoms. The molecule has 1 aromatic heterocycles. The lowest BCUT2D eigenvalue weighted by atomic mass is 10.0. The van der Waals surface area contributed by atoms with Crippen LogP contribution in [-0.2, 0) is 0 Å². The van der Waals surface area contributed by atoms with Crippen molar-refractivity contribution in [3.05, 3.63) is 47.6 Å². The maximum Gasteiger partial charge on any atom is 0.233 e. The predicted molar refractivity (Wildman–Crippen MR) is 71.8 cm³/mol. The summed E-state index contributed by atoms with van der Waals surface area (Å²) in [6.07, 6.45) is 1.87. The SMILES string of the molecule is CCCC(Cl)c1noc(C(C)c2ccccc2)n1. The van der Waals surface area contributed by atoms with Gasteiger partial charge in [-0.1, -0.05) is 48.8 Å². The maximum absolute atomic E-state index is 6.19. The van der Waals surface area contributed by atoms with Crippen molar-refractivity contribution in [2.75, 3.05) is 0 Å². The highest BCUT2D eigenvalue weighted by molar-refractivity contribution is 6.20. The van der Waals surface area contributed by atoms with Gasteiger partial charge in [-0.3, -0.25) is 0 Å². The summed E-state index contributed by atoms with van der Waals surface area (Å²) in [5.74, 6) is 1.31. The van der Waals surface area contributed by atoms with Gasteiger partial charge in [0, 0.05) is 0 Å². The van der Waals surface area contributed by atoms with Crippen molar-refractivity contribution in [3.63, 3.8) is 0 Å². The molecule has 4 heteroatoms. The maximum atomic E-state index is 6.19. The Balaban J connectivity index is 2.15. The summed E-state index contributed by atoms with van der Waals surface area (Å²) >= 11 is 6.19. The van der Waals surface area contributed by atoms with E-state index in [1.807, 2.05) is 18.2 Å². The van der Waals surface area contributed by atoms with Gasteiger partial charge in [-0.2, -0.15) is 4.98 Å². The molecule has 0 aliphatic rings. The average Bonchev–Trinajstić information content (AvgIpc) is 2.89. The number of benzene rings is 1. The van der Waals surface area contributed by atoms with Crippen LogP contribution in [0.3, 0.4) is 0 Å². The molecule has 96 valence electrons. The molecule has 0 N–H and O–H groups in total. The topological polar surface area (TPSA) is 38.9 Å². The minimum atomic E-state index is -0.157.